The second-order valence-electron chi connectivity index (χ2n) is 8.04. The lowest BCUT2D eigenvalue weighted by molar-refractivity contribution is -0.141. The van der Waals surface area contributed by atoms with Crippen LogP contribution in [0.15, 0.2) is 54.1 Å². The number of ether oxygens (including phenoxy) is 1. The molecule has 2 aromatic rings. The van der Waals surface area contributed by atoms with Gasteiger partial charge in [0.2, 0.25) is 0 Å². The molecule has 31 heavy (non-hydrogen) atoms. The van der Waals surface area contributed by atoms with Crippen LogP contribution in [0.25, 0.3) is 5.76 Å². The van der Waals surface area contributed by atoms with Crippen molar-refractivity contribution in [1.29, 1.82) is 0 Å². The maximum Gasteiger partial charge on any atom is 0.295 e. The summed E-state index contributed by atoms with van der Waals surface area (Å²) in [6.45, 7) is 2.58. The van der Waals surface area contributed by atoms with Gasteiger partial charge in [-0.1, -0.05) is 38.0 Å². The number of rotatable bonds is 6. The van der Waals surface area contributed by atoms with Crippen LogP contribution in [0.3, 0.4) is 0 Å². The van der Waals surface area contributed by atoms with Crippen molar-refractivity contribution in [2.24, 2.45) is 0 Å². The smallest absolute Gasteiger partial charge is 0.295 e. The van der Waals surface area contributed by atoms with E-state index in [1.54, 1.807) is 42.5 Å². The van der Waals surface area contributed by atoms with Crippen LogP contribution in [0.2, 0.25) is 0 Å². The lowest BCUT2D eigenvalue weighted by Crippen LogP contribution is -2.38. The zero-order valence-electron chi connectivity index (χ0n) is 17.5. The van der Waals surface area contributed by atoms with Gasteiger partial charge in [-0.25, -0.2) is 4.39 Å². The SMILES string of the molecule is CCCOc1ccc(/C(O)=C2/C(=O)C(=O)N(C3CCCC3)C2c2ccccc2F)cc1. The third-order valence-corrected chi connectivity index (χ3v) is 6.00. The topological polar surface area (TPSA) is 66.8 Å². The molecule has 1 N–H and O–H groups in total. The average Bonchev–Trinajstić information content (AvgIpc) is 3.39. The molecule has 2 aliphatic rings. The zero-order chi connectivity index (χ0) is 22.0. The molecule has 4 rings (SSSR count). The number of nitrogens with zero attached hydrogens (tertiary/aromatic N) is 1. The summed E-state index contributed by atoms with van der Waals surface area (Å²) in [5, 5.41) is 11.1. The molecule has 2 fully saturated rings. The number of hydrogen-bond donors (Lipinski definition) is 1. The Morgan fingerprint density at radius 1 is 1.10 bits per heavy atom. The molecule has 5 nitrogen and oxygen atoms in total. The average molecular weight is 423 g/mol. The summed E-state index contributed by atoms with van der Waals surface area (Å²) in [6, 6.07) is 11.7. The highest BCUT2D eigenvalue weighted by Crippen LogP contribution is 2.44. The van der Waals surface area contributed by atoms with E-state index >= 15 is 0 Å². The van der Waals surface area contributed by atoms with Crippen LogP contribution in [0.4, 0.5) is 4.39 Å². The van der Waals surface area contributed by atoms with Gasteiger partial charge >= 0.3 is 0 Å². The van der Waals surface area contributed by atoms with Gasteiger partial charge < -0.3 is 14.7 Å². The van der Waals surface area contributed by atoms with E-state index in [4.69, 9.17) is 4.74 Å². The minimum atomic E-state index is -0.944. The highest BCUT2D eigenvalue weighted by Gasteiger charge is 2.49. The third kappa shape index (κ3) is 3.94. The van der Waals surface area contributed by atoms with Gasteiger partial charge in [-0.15, -0.1) is 0 Å². The van der Waals surface area contributed by atoms with Gasteiger partial charge in [-0.05, 0) is 49.6 Å². The van der Waals surface area contributed by atoms with Gasteiger partial charge in [0, 0.05) is 17.2 Å². The molecule has 1 aliphatic carbocycles. The predicted octanol–water partition coefficient (Wildman–Crippen LogP) is 4.98. The number of benzene rings is 2. The molecule has 1 aliphatic heterocycles. The van der Waals surface area contributed by atoms with E-state index < -0.39 is 23.5 Å². The molecular weight excluding hydrogens is 397 g/mol. The standard InChI is InChI=1S/C25H26FNO4/c1-2-15-31-18-13-11-16(12-14-18)23(28)21-22(19-9-5-6-10-20(19)26)27(25(30)24(21)29)17-7-3-4-8-17/h5-6,9-14,17,22,28H,2-4,7-8,15H2,1H3/b23-21-. The zero-order valence-corrected chi connectivity index (χ0v) is 17.5. The summed E-state index contributed by atoms with van der Waals surface area (Å²) in [4.78, 5) is 27.5. The fraction of sp³-hybridized carbons (Fsp3) is 0.360. The van der Waals surface area contributed by atoms with Crippen molar-refractivity contribution in [3.05, 3.63) is 71.0 Å². The number of likely N-dealkylation sites (tertiary alicyclic amines) is 1. The second kappa shape index (κ2) is 8.92. The van der Waals surface area contributed by atoms with Gasteiger partial charge in [-0.3, -0.25) is 9.59 Å². The molecule has 162 valence electrons. The molecule has 1 heterocycles. The van der Waals surface area contributed by atoms with Crippen molar-refractivity contribution < 1.29 is 23.8 Å². The van der Waals surface area contributed by atoms with E-state index in [2.05, 4.69) is 0 Å². The van der Waals surface area contributed by atoms with Crippen LogP contribution in [0, 0.1) is 5.82 Å². The minimum Gasteiger partial charge on any atom is -0.507 e. The highest BCUT2D eigenvalue weighted by molar-refractivity contribution is 6.46. The first-order chi connectivity index (χ1) is 15.0. The van der Waals surface area contributed by atoms with Crippen molar-refractivity contribution in [2.45, 2.75) is 51.1 Å². The van der Waals surface area contributed by atoms with Gasteiger partial charge in [0.1, 0.15) is 17.3 Å². The number of aliphatic hydroxyl groups excluding tert-OH is 1. The van der Waals surface area contributed by atoms with E-state index in [0.29, 0.717) is 17.9 Å². The number of carbonyl (C=O) groups excluding carboxylic acids is 2. The molecule has 1 saturated heterocycles. The van der Waals surface area contributed by atoms with E-state index in [0.717, 1.165) is 32.1 Å². The fourth-order valence-corrected chi connectivity index (χ4v) is 4.50. The highest BCUT2D eigenvalue weighted by atomic mass is 19.1. The molecule has 1 amide bonds. The number of hydrogen-bond acceptors (Lipinski definition) is 4. The number of halogens is 1. The van der Waals surface area contributed by atoms with E-state index in [1.807, 2.05) is 6.92 Å². The van der Waals surface area contributed by atoms with Crippen LogP contribution in [0.5, 0.6) is 5.75 Å². The van der Waals surface area contributed by atoms with Gasteiger partial charge in [0.25, 0.3) is 11.7 Å². The van der Waals surface area contributed by atoms with Crippen LogP contribution >= 0.6 is 0 Å². The van der Waals surface area contributed by atoms with Crippen molar-refractivity contribution >= 4 is 17.4 Å². The summed E-state index contributed by atoms with van der Waals surface area (Å²) < 4.78 is 20.4. The van der Waals surface area contributed by atoms with Crippen molar-refractivity contribution in [2.75, 3.05) is 6.61 Å². The molecular formula is C25H26FNO4. The monoisotopic (exact) mass is 423 g/mol. The largest absolute Gasteiger partial charge is 0.507 e. The number of ketones is 1. The summed E-state index contributed by atoms with van der Waals surface area (Å²) in [5.74, 6) is -1.61. The fourth-order valence-electron chi connectivity index (χ4n) is 4.50. The molecule has 2 aromatic carbocycles. The Morgan fingerprint density at radius 2 is 1.77 bits per heavy atom. The summed E-state index contributed by atoms with van der Waals surface area (Å²) >= 11 is 0. The van der Waals surface area contributed by atoms with Gasteiger partial charge in [-0.2, -0.15) is 0 Å². The Balaban J connectivity index is 1.80. The van der Waals surface area contributed by atoms with Crippen LogP contribution in [-0.4, -0.2) is 34.3 Å². The van der Waals surface area contributed by atoms with Crippen molar-refractivity contribution in [3.63, 3.8) is 0 Å². The Morgan fingerprint density at radius 3 is 2.42 bits per heavy atom. The summed E-state index contributed by atoms with van der Waals surface area (Å²) in [7, 11) is 0. The van der Waals surface area contributed by atoms with Crippen molar-refractivity contribution in [1.82, 2.24) is 4.90 Å². The predicted molar refractivity (Wildman–Crippen MR) is 115 cm³/mol. The lowest BCUT2D eigenvalue weighted by atomic mass is 9.94. The van der Waals surface area contributed by atoms with Crippen LogP contribution in [0.1, 0.15) is 56.2 Å². The second-order valence-corrected chi connectivity index (χ2v) is 8.04. The Kier molecular flexibility index (Phi) is 6.07. The van der Waals surface area contributed by atoms with E-state index in [-0.39, 0.29) is 22.9 Å². The van der Waals surface area contributed by atoms with Crippen LogP contribution in [-0.2, 0) is 9.59 Å². The maximum absolute atomic E-state index is 14.8. The number of Topliss-reactive ketones (excluding diaryl/α,β-unsaturated/α-hetero) is 1. The molecule has 0 spiro atoms. The summed E-state index contributed by atoms with van der Waals surface area (Å²) in [6.07, 6.45) is 4.31. The first kappa shape index (κ1) is 21.1. The molecule has 0 aromatic heterocycles. The Hall–Kier alpha value is -3.15. The summed E-state index contributed by atoms with van der Waals surface area (Å²) in [5.41, 5.74) is 0.539. The lowest BCUT2D eigenvalue weighted by Gasteiger charge is -2.30. The first-order valence-electron chi connectivity index (χ1n) is 10.8. The normalized spacial score (nSPS) is 21.1. The van der Waals surface area contributed by atoms with E-state index in [9.17, 15) is 19.1 Å². The first-order valence-corrected chi connectivity index (χ1v) is 10.8. The Bertz CT molecular complexity index is 1010. The van der Waals surface area contributed by atoms with Crippen LogP contribution < -0.4 is 4.74 Å². The van der Waals surface area contributed by atoms with E-state index in [1.165, 1.54) is 11.0 Å². The van der Waals surface area contributed by atoms with Crippen molar-refractivity contribution in [3.8, 4) is 5.75 Å². The maximum atomic E-state index is 14.8. The molecule has 0 bridgehead atoms. The van der Waals surface area contributed by atoms with Gasteiger partial charge in [0.15, 0.2) is 0 Å². The molecule has 1 saturated carbocycles. The number of amides is 1. The number of aliphatic hydroxyl groups is 1. The molecule has 1 atom stereocenters. The molecule has 0 radical (unpaired) electrons. The molecule has 6 heteroatoms. The third-order valence-electron chi connectivity index (χ3n) is 6.00. The quantitative estimate of drug-likeness (QED) is 0.404. The Labute approximate surface area is 181 Å². The van der Waals surface area contributed by atoms with Gasteiger partial charge in [0.05, 0.1) is 18.2 Å². The molecule has 1 unspecified atom stereocenters. The number of carbonyl (C=O) groups is 2. The minimum absolute atomic E-state index is 0.0655.